The van der Waals surface area contributed by atoms with Crippen molar-refractivity contribution < 1.29 is 98.5 Å². The molecule has 0 aliphatic carbocycles. The Bertz CT molecular complexity index is 1900. The molecule has 0 bridgehead atoms. The molecular formula is C34H40O21. The van der Waals surface area contributed by atoms with Crippen molar-refractivity contribution in [2.75, 3.05) is 13.7 Å². The van der Waals surface area contributed by atoms with Gasteiger partial charge in [-0.3, -0.25) is 4.79 Å². The molecule has 3 aromatic rings. The number of rotatable bonds is 10. The second-order valence-electron chi connectivity index (χ2n) is 13.2. The predicted molar refractivity (Wildman–Crippen MR) is 177 cm³/mol. The molecule has 15 atom stereocenters. The Morgan fingerprint density at radius 1 is 0.745 bits per heavy atom. The van der Waals surface area contributed by atoms with Crippen molar-refractivity contribution in [3.8, 4) is 34.3 Å². The molecule has 15 unspecified atom stereocenters. The lowest BCUT2D eigenvalue weighted by Gasteiger charge is -2.46. The number of phenols is 2. The third-order valence-electron chi connectivity index (χ3n) is 9.48. The van der Waals surface area contributed by atoms with Crippen LogP contribution < -0.4 is 14.9 Å². The molecule has 3 aliphatic rings. The van der Waals surface area contributed by atoms with E-state index in [0.29, 0.717) is 0 Å². The number of carboxylic acid groups (broad SMARTS) is 1. The lowest BCUT2D eigenvalue weighted by molar-refractivity contribution is -0.359. The van der Waals surface area contributed by atoms with Gasteiger partial charge in [-0.15, -0.1) is 0 Å². The minimum atomic E-state index is -2.12. The first kappa shape index (κ1) is 40.5. The van der Waals surface area contributed by atoms with E-state index in [1.54, 1.807) is 0 Å². The van der Waals surface area contributed by atoms with Crippen molar-refractivity contribution in [2.24, 2.45) is 0 Å². The van der Waals surface area contributed by atoms with Crippen LogP contribution in [0.25, 0.3) is 22.3 Å². The molecule has 3 saturated heterocycles. The summed E-state index contributed by atoms with van der Waals surface area (Å²) >= 11 is 0. The van der Waals surface area contributed by atoms with E-state index in [2.05, 4.69) is 0 Å². The summed E-state index contributed by atoms with van der Waals surface area (Å²) in [4.78, 5) is 24.8. The van der Waals surface area contributed by atoms with Gasteiger partial charge < -0.3 is 93.7 Å². The molecule has 6 rings (SSSR count). The largest absolute Gasteiger partial charge is 0.507 e. The Morgan fingerprint density at radius 2 is 1.44 bits per heavy atom. The van der Waals surface area contributed by atoms with Crippen molar-refractivity contribution in [1.82, 2.24) is 0 Å². The van der Waals surface area contributed by atoms with Gasteiger partial charge in [0.2, 0.25) is 6.29 Å². The fourth-order valence-electron chi connectivity index (χ4n) is 6.37. The number of ether oxygens (including phenoxy) is 7. The molecule has 4 heterocycles. The van der Waals surface area contributed by atoms with Gasteiger partial charge in [0.05, 0.1) is 19.8 Å². The molecule has 3 aliphatic heterocycles. The molecule has 21 heteroatoms. The molecule has 0 amide bonds. The Balaban J connectivity index is 1.32. The molecule has 21 nitrogen and oxygen atoms in total. The first-order valence-electron chi connectivity index (χ1n) is 16.8. The number of aliphatic carboxylic acids is 1. The number of phenolic OH excluding ortho intramolecular Hbond substituents is 2. The zero-order chi connectivity index (χ0) is 40.0. The molecule has 3 fully saturated rings. The normalized spacial score (nSPS) is 36.7. The van der Waals surface area contributed by atoms with Crippen LogP contribution >= 0.6 is 0 Å². The summed E-state index contributed by atoms with van der Waals surface area (Å²) in [5.41, 5.74) is -0.696. The van der Waals surface area contributed by atoms with Crippen LogP contribution in [0.15, 0.2) is 45.6 Å². The second-order valence-corrected chi connectivity index (χ2v) is 13.2. The Hall–Kier alpha value is -4.20. The highest BCUT2D eigenvalue weighted by atomic mass is 16.8. The highest BCUT2D eigenvalue weighted by Gasteiger charge is 2.53. The van der Waals surface area contributed by atoms with E-state index < -0.39 is 116 Å². The Kier molecular flexibility index (Phi) is 11.9. The molecular weight excluding hydrogens is 744 g/mol. The molecule has 1 aromatic heterocycles. The van der Waals surface area contributed by atoms with E-state index in [0.717, 1.165) is 18.2 Å². The first-order chi connectivity index (χ1) is 26.0. The van der Waals surface area contributed by atoms with Crippen molar-refractivity contribution in [1.29, 1.82) is 0 Å². The maximum Gasteiger partial charge on any atom is 0.335 e. The highest BCUT2D eigenvalue weighted by molar-refractivity contribution is 5.86. The van der Waals surface area contributed by atoms with Crippen molar-refractivity contribution in [2.45, 2.75) is 99.0 Å². The maximum atomic E-state index is 13.1. The molecule has 302 valence electrons. The topological polar surface area (TPSA) is 334 Å². The molecule has 0 radical (unpaired) electrons. The summed E-state index contributed by atoms with van der Waals surface area (Å²) in [6.07, 6.45) is -27.3. The van der Waals surface area contributed by atoms with Crippen LogP contribution in [-0.2, 0) is 28.5 Å². The molecule has 11 N–H and O–H groups in total. The van der Waals surface area contributed by atoms with E-state index in [-0.39, 0.29) is 39.5 Å². The number of hydrogen-bond donors (Lipinski definition) is 11. The quantitative estimate of drug-likeness (QED) is 0.0965. The lowest BCUT2D eigenvalue weighted by Crippen LogP contribution is -2.66. The average Bonchev–Trinajstić information content (AvgIpc) is 3.14. The van der Waals surface area contributed by atoms with Gasteiger partial charge in [-0.1, -0.05) is 0 Å². The molecule has 0 saturated carbocycles. The van der Waals surface area contributed by atoms with Crippen LogP contribution in [0.3, 0.4) is 0 Å². The predicted octanol–water partition coefficient (Wildman–Crippen LogP) is -3.17. The number of carbonyl (C=O) groups is 1. The number of aliphatic hydroxyl groups excluding tert-OH is 8. The van der Waals surface area contributed by atoms with Crippen molar-refractivity contribution in [3.05, 3.63) is 46.6 Å². The van der Waals surface area contributed by atoms with Crippen LogP contribution in [0.4, 0.5) is 0 Å². The molecule has 2 aromatic carbocycles. The molecule has 55 heavy (non-hydrogen) atoms. The van der Waals surface area contributed by atoms with E-state index in [4.69, 9.17) is 37.6 Å². The van der Waals surface area contributed by atoms with Gasteiger partial charge in [0, 0.05) is 23.8 Å². The number of aliphatic hydroxyl groups is 8. The number of aromatic hydroxyl groups is 2. The number of benzene rings is 2. The SMILES string of the molecule is COc1ccc(-c2cc(=O)c3c(O)cc(OC4OC(COC5OC(C)C(O)C(O)C5O)C(O)C(O)C4OC4OC(C(=O)O)C(O)C(O)C4O)cc3o2)cc1O. The zero-order valence-corrected chi connectivity index (χ0v) is 28.8. The van der Waals surface area contributed by atoms with Gasteiger partial charge >= 0.3 is 5.97 Å². The summed E-state index contributed by atoms with van der Waals surface area (Å²) in [5.74, 6) is -2.87. The van der Waals surface area contributed by atoms with Gasteiger partial charge in [-0.25, -0.2) is 4.79 Å². The maximum absolute atomic E-state index is 13.1. The fraction of sp³-hybridized carbons (Fsp3) is 0.529. The van der Waals surface area contributed by atoms with Gasteiger partial charge in [0.1, 0.15) is 83.2 Å². The first-order valence-corrected chi connectivity index (χ1v) is 16.8. The van der Waals surface area contributed by atoms with E-state index >= 15 is 0 Å². The lowest BCUT2D eigenvalue weighted by atomic mass is 9.97. The minimum absolute atomic E-state index is 0.0471. The van der Waals surface area contributed by atoms with Crippen LogP contribution in [0.1, 0.15) is 6.92 Å². The van der Waals surface area contributed by atoms with Gasteiger partial charge in [-0.05, 0) is 25.1 Å². The summed E-state index contributed by atoms with van der Waals surface area (Å²) in [7, 11) is 1.34. The summed E-state index contributed by atoms with van der Waals surface area (Å²) in [6.45, 7) is 0.724. The van der Waals surface area contributed by atoms with Crippen LogP contribution in [0.5, 0.6) is 23.0 Å². The van der Waals surface area contributed by atoms with Crippen LogP contribution in [0.2, 0.25) is 0 Å². The van der Waals surface area contributed by atoms with Crippen molar-refractivity contribution >= 4 is 16.9 Å². The van der Waals surface area contributed by atoms with E-state index in [9.17, 15) is 65.8 Å². The summed E-state index contributed by atoms with van der Waals surface area (Å²) in [5, 5.41) is 114. The van der Waals surface area contributed by atoms with E-state index in [1.165, 1.54) is 32.2 Å². The van der Waals surface area contributed by atoms with E-state index in [1.807, 2.05) is 0 Å². The second kappa shape index (κ2) is 16.1. The third-order valence-corrected chi connectivity index (χ3v) is 9.48. The minimum Gasteiger partial charge on any atom is -0.507 e. The van der Waals surface area contributed by atoms with Gasteiger partial charge in [-0.2, -0.15) is 0 Å². The Morgan fingerprint density at radius 3 is 2.11 bits per heavy atom. The summed E-state index contributed by atoms with van der Waals surface area (Å²) < 4.78 is 44.5. The van der Waals surface area contributed by atoms with Crippen LogP contribution in [-0.4, -0.2) is 168 Å². The Labute approximate surface area is 309 Å². The van der Waals surface area contributed by atoms with Gasteiger partial charge in [0.25, 0.3) is 0 Å². The third kappa shape index (κ3) is 7.93. The zero-order valence-electron chi connectivity index (χ0n) is 28.8. The number of methoxy groups -OCH3 is 1. The van der Waals surface area contributed by atoms with Crippen LogP contribution in [0, 0.1) is 0 Å². The smallest absolute Gasteiger partial charge is 0.335 e. The average molecular weight is 785 g/mol. The number of fused-ring (bicyclic) bond motifs is 1. The monoisotopic (exact) mass is 784 g/mol. The van der Waals surface area contributed by atoms with Gasteiger partial charge in [0.15, 0.2) is 41.7 Å². The number of carboxylic acids is 1. The highest BCUT2D eigenvalue weighted by Crippen LogP contribution is 2.37. The molecule has 0 spiro atoms. The standard InChI is InChI=1S/C34H40O21/c1-10-21(38)23(40)27(44)32(50-10)49-9-19-22(39)25(42)30(55-33-28(45)24(41)26(43)29(54-33)31(46)47)34(53-19)51-12-6-14(36)20-15(37)8-17(52-18(20)7-12)11-3-4-16(48-2)13(35)5-11/h3-8,10,19,21-30,32-36,38-45H,9H2,1-2H3,(H,46,47). The fourth-order valence-corrected chi connectivity index (χ4v) is 6.37. The van der Waals surface area contributed by atoms with Crippen molar-refractivity contribution in [3.63, 3.8) is 0 Å². The number of hydrogen-bond acceptors (Lipinski definition) is 20. The summed E-state index contributed by atoms with van der Waals surface area (Å²) in [6, 6.07) is 7.35.